The molecule has 3 aromatic rings. The standard InChI is InChI=1S/C30H28F3NO5/c1-4-39-24-13-10-20(15-23(24)17(2)3)27(36)25-26(19-8-11-22(35)12-9-19)34(29(38)28(25)37)16-18-6-5-7-21(14-18)30(31,32)33/h5-15,17,26,35-36H,4,16H2,1-3H3/b27-25-. The summed E-state index contributed by atoms with van der Waals surface area (Å²) in [6.45, 7) is 5.88. The summed E-state index contributed by atoms with van der Waals surface area (Å²) in [5.41, 5.74) is 0.572. The number of ketones is 1. The van der Waals surface area contributed by atoms with Crippen LogP contribution in [-0.2, 0) is 22.3 Å². The molecule has 1 amide bonds. The first-order valence-corrected chi connectivity index (χ1v) is 12.4. The third-order valence-corrected chi connectivity index (χ3v) is 6.56. The number of rotatable bonds is 7. The van der Waals surface area contributed by atoms with Crippen LogP contribution in [0.5, 0.6) is 11.5 Å². The smallest absolute Gasteiger partial charge is 0.416 e. The van der Waals surface area contributed by atoms with Gasteiger partial charge in [0.25, 0.3) is 11.7 Å². The van der Waals surface area contributed by atoms with Gasteiger partial charge in [-0.15, -0.1) is 0 Å². The number of hydrogen-bond donors (Lipinski definition) is 2. The van der Waals surface area contributed by atoms with Gasteiger partial charge >= 0.3 is 6.18 Å². The van der Waals surface area contributed by atoms with E-state index in [1.807, 2.05) is 20.8 Å². The Hall–Kier alpha value is -4.27. The lowest BCUT2D eigenvalue weighted by atomic mass is 9.93. The monoisotopic (exact) mass is 539 g/mol. The van der Waals surface area contributed by atoms with Crippen molar-refractivity contribution in [3.05, 3.63) is 100 Å². The molecule has 0 radical (unpaired) electrons. The van der Waals surface area contributed by atoms with Gasteiger partial charge in [-0.2, -0.15) is 13.2 Å². The Bertz CT molecular complexity index is 1430. The van der Waals surface area contributed by atoms with Gasteiger partial charge in [-0.3, -0.25) is 9.59 Å². The number of benzene rings is 3. The van der Waals surface area contributed by atoms with Crippen LogP contribution in [-0.4, -0.2) is 33.4 Å². The average Bonchev–Trinajstić information content (AvgIpc) is 3.13. The van der Waals surface area contributed by atoms with Gasteiger partial charge in [-0.1, -0.05) is 38.1 Å². The molecule has 3 aromatic carbocycles. The Morgan fingerprint density at radius 2 is 1.72 bits per heavy atom. The van der Waals surface area contributed by atoms with Crippen molar-refractivity contribution >= 4 is 17.4 Å². The largest absolute Gasteiger partial charge is 0.508 e. The number of halogens is 3. The number of likely N-dealkylation sites (tertiary alicyclic amines) is 1. The first-order valence-electron chi connectivity index (χ1n) is 12.4. The zero-order valence-corrected chi connectivity index (χ0v) is 21.6. The number of aliphatic hydroxyl groups is 1. The van der Waals surface area contributed by atoms with Crippen LogP contribution < -0.4 is 4.74 Å². The van der Waals surface area contributed by atoms with Crippen LogP contribution in [0, 0.1) is 0 Å². The zero-order chi connectivity index (χ0) is 28.5. The molecular formula is C30H28F3NO5. The number of ether oxygens (including phenoxy) is 1. The predicted octanol–water partition coefficient (Wildman–Crippen LogP) is 6.56. The first-order chi connectivity index (χ1) is 18.4. The first kappa shape index (κ1) is 27.8. The predicted molar refractivity (Wildman–Crippen MR) is 139 cm³/mol. The average molecular weight is 540 g/mol. The molecule has 0 spiro atoms. The summed E-state index contributed by atoms with van der Waals surface area (Å²) in [7, 11) is 0. The lowest BCUT2D eigenvalue weighted by Gasteiger charge is -2.26. The molecule has 6 nitrogen and oxygen atoms in total. The van der Waals surface area contributed by atoms with Gasteiger partial charge in [0, 0.05) is 12.1 Å². The molecule has 0 saturated carbocycles. The molecule has 2 N–H and O–H groups in total. The van der Waals surface area contributed by atoms with Gasteiger partial charge in [0.05, 0.1) is 23.8 Å². The normalized spacial score (nSPS) is 17.2. The molecule has 0 aromatic heterocycles. The van der Waals surface area contributed by atoms with E-state index in [2.05, 4.69) is 0 Å². The van der Waals surface area contributed by atoms with Crippen molar-refractivity contribution in [1.29, 1.82) is 0 Å². The van der Waals surface area contributed by atoms with Crippen LogP contribution in [0.4, 0.5) is 13.2 Å². The van der Waals surface area contributed by atoms with Crippen LogP contribution in [0.2, 0.25) is 0 Å². The van der Waals surface area contributed by atoms with Crippen LogP contribution in [0.1, 0.15) is 60.5 Å². The summed E-state index contributed by atoms with van der Waals surface area (Å²) in [6.07, 6.45) is -4.58. The Morgan fingerprint density at radius 3 is 2.33 bits per heavy atom. The molecule has 1 atom stereocenters. The number of phenols is 1. The number of carbonyl (C=O) groups excluding carboxylic acids is 2. The number of amides is 1. The second-order valence-electron chi connectivity index (χ2n) is 9.56. The third-order valence-electron chi connectivity index (χ3n) is 6.56. The van der Waals surface area contributed by atoms with Crippen molar-refractivity contribution in [2.45, 2.75) is 45.5 Å². The highest BCUT2D eigenvalue weighted by Crippen LogP contribution is 2.42. The molecule has 1 aliphatic rings. The number of nitrogens with zero attached hydrogens (tertiary/aromatic N) is 1. The number of Topliss-reactive ketones (excluding diaryl/α,β-unsaturated/α-hetero) is 1. The van der Waals surface area contributed by atoms with Crippen molar-refractivity contribution in [3.8, 4) is 11.5 Å². The van der Waals surface area contributed by atoms with Crippen molar-refractivity contribution in [2.24, 2.45) is 0 Å². The van der Waals surface area contributed by atoms with Gasteiger partial charge < -0.3 is 19.8 Å². The van der Waals surface area contributed by atoms with E-state index in [-0.39, 0.29) is 29.3 Å². The minimum atomic E-state index is -4.58. The van der Waals surface area contributed by atoms with E-state index in [4.69, 9.17) is 4.74 Å². The number of aliphatic hydroxyl groups excluding tert-OH is 1. The number of carbonyl (C=O) groups is 2. The van der Waals surface area contributed by atoms with Crippen molar-refractivity contribution < 1.29 is 37.7 Å². The molecule has 1 unspecified atom stereocenters. The maximum Gasteiger partial charge on any atom is 0.416 e. The van der Waals surface area contributed by atoms with Gasteiger partial charge in [0.15, 0.2) is 0 Å². The summed E-state index contributed by atoms with van der Waals surface area (Å²) >= 11 is 0. The maximum absolute atomic E-state index is 13.3. The number of aromatic hydroxyl groups is 1. The summed E-state index contributed by atoms with van der Waals surface area (Å²) < 4.78 is 45.6. The molecule has 1 fully saturated rings. The Labute approximate surface area is 224 Å². The van der Waals surface area contributed by atoms with Gasteiger partial charge in [-0.25, -0.2) is 0 Å². The Balaban J connectivity index is 1.85. The fraction of sp³-hybridized carbons (Fsp3) is 0.267. The van der Waals surface area contributed by atoms with Crippen molar-refractivity contribution in [3.63, 3.8) is 0 Å². The molecule has 1 heterocycles. The lowest BCUT2D eigenvalue weighted by Crippen LogP contribution is -2.29. The van der Waals surface area contributed by atoms with Crippen LogP contribution in [0.25, 0.3) is 5.76 Å². The Morgan fingerprint density at radius 1 is 1.03 bits per heavy atom. The van der Waals surface area contributed by atoms with E-state index < -0.39 is 35.2 Å². The number of alkyl halides is 3. The highest BCUT2D eigenvalue weighted by atomic mass is 19.4. The molecule has 39 heavy (non-hydrogen) atoms. The molecule has 9 heteroatoms. The SMILES string of the molecule is CCOc1ccc(/C(O)=C2/C(=O)C(=O)N(Cc3cccc(C(F)(F)F)c3)C2c2ccc(O)cc2)cc1C(C)C. The summed E-state index contributed by atoms with van der Waals surface area (Å²) in [5, 5.41) is 21.2. The van der Waals surface area contributed by atoms with E-state index >= 15 is 0 Å². The van der Waals surface area contributed by atoms with Gasteiger partial charge in [-0.05, 0) is 72.0 Å². The Kier molecular flexibility index (Phi) is 7.72. The minimum absolute atomic E-state index is 0.0236. The molecule has 1 aliphatic heterocycles. The van der Waals surface area contributed by atoms with Crippen LogP contribution >= 0.6 is 0 Å². The molecule has 204 valence electrons. The summed E-state index contributed by atoms with van der Waals surface area (Å²) in [6, 6.07) is 14.1. The second-order valence-corrected chi connectivity index (χ2v) is 9.56. The molecule has 0 bridgehead atoms. The maximum atomic E-state index is 13.3. The van der Waals surface area contributed by atoms with E-state index in [1.165, 1.54) is 36.4 Å². The van der Waals surface area contributed by atoms with Crippen LogP contribution in [0.3, 0.4) is 0 Å². The topological polar surface area (TPSA) is 87.1 Å². The lowest BCUT2D eigenvalue weighted by molar-refractivity contribution is -0.140. The molecule has 4 rings (SSSR count). The quantitative estimate of drug-likeness (QED) is 0.202. The van der Waals surface area contributed by atoms with E-state index in [1.54, 1.807) is 18.2 Å². The summed E-state index contributed by atoms with van der Waals surface area (Å²) in [4.78, 5) is 27.7. The fourth-order valence-electron chi connectivity index (χ4n) is 4.68. The van der Waals surface area contributed by atoms with E-state index in [9.17, 15) is 33.0 Å². The van der Waals surface area contributed by atoms with Crippen molar-refractivity contribution in [1.82, 2.24) is 4.90 Å². The molecule has 1 saturated heterocycles. The highest BCUT2D eigenvalue weighted by Gasteiger charge is 2.46. The minimum Gasteiger partial charge on any atom is -0.508 e. The highest BCUT2D eigenvalue weighted by molar-refractivity contribution is 6.46. The number of hydrogen-bond acceptors (Lipinski definition) is 5. The fourth-order valence-corrected chi connectivity index (χ4v) is 4.68. The van der Waals surface area contributed by atoms with Gasteiger partial charge in [0.2, 0.25) is 0 Å². The molecule has 0 aliphatic carbocycles. The molecular weight excluding hydrogens is 511 g/mol. The van der Waals surface area contributed by atoms with E-state index in [0.717, 1.165) is 22.6 Å². The zero-order valence-electron chi connectivity index (χ0n) is 21.6. The summed E-state index contributed by atoms with van der Waals surface area (Å²) in [5.74, 6) is -1.73. The second kappa shape index (κ2) is 10.8. The van der Waals surface area contributed by atoms with Gasteiger partial charge in [0.1, 0.15) is 17.3 Å². The van der Waals surface area contributed by atoms with E-state index in [0.29, 0.717) is 23.5 Å². The van der Waals surface area contributed by atoms with Crippen LogP contribution in [0.15, 0.2) is 72.3 Å². The number of phenolic OH excluding ortho intramolecular Hbond substituents is 1. The third kappa shape index (κ3) is 5.62. The van der Waals surface area contributed by atoms with Crippen molar-refractivity contribution in [2.75, 3.05) is 6.61 Å².